The van der Waals surface area contributed by atoms with Crippen LogP contribution in [0.4, 0.5) is 5.69 Å². The maximum absolute atomic E-state index is 10.8. The summed E-state index contributed by atoms with van der Waals surface area (Å²) in [5.74, 6) is 1.16. The molecule has 5 heteroatoms. The molecule has 0 aliphatic rings. The second-order valence-corrected chi connectivity index (χ2v) is 5.28. The Labute approximate surface area is 118 Å². The normalized spacial score (nSPS) is 13.8. The summed E-state index contributed by atoms with van der Waals surface area (Å²) in [7, 11) is 0. The highest BCUT2D eigenvalue weighted by Crippen LogP contribution is 2.25. The lowest BCUT2D eigenvalue weighted by Crippen LogP contribution is -2.12. The average molecular weight is 285 g/mol. The Hall–Kier alpha value is -1.07. The fourth-order valence-electron chi connectivity index (χ4n) is 1.88. The maximum Gasteiger partial charge on any atom is 0.259 e. The number of rotatable bonds is 9. The van der Waals surface area contributed by atoms with Crippen LogP contribution in [0.5, 0.6) is 5.75 Å². The molecular weight excluding hydrogens is 262 g/mol. The lowest BCUT2D eigenvalue weighted by Gasteiger charge is -2.17. The molecule has 108 valence electrons. The zero-order valence-corrected chi connectivity index (χ0v) is 12.4. The molecule has 0 amide bonds. The van der Waals surface area contributed by atoms with Crippen molar-refractivity contribution < 1.29 is 13.5 Å². The van der Waals surface area contributed by atoms with E-state index in [9.17, 15) is 4.21 Å². The van der Waals surface area contributed by atoms with Crippen molar-refractivity contribution in [2.75, 3.05) is 11.3 Å². The number of ether oxygens (including phenoxy) is 1. The summed E-state index contributed by atoms with van der Waals surface area (Å²) in [6.45, 7) is 4.99. The molecule has 0 fully saturated rings. The van der Waals surface area contributed by atoms with Crippen LogP contribution in [-0.4, -0.2) is 15.4 Å². The molecule has 0 saturated heterocycles. The van der Waals surface area contributed by atoms with E-state index in [1.54, 1.807) is 12.1 Å². The first-order valence-corrected chi connectivity index (χ1v) is 7.87. The Kier molecular flexibility index (Phi) is 7.52. The van der Waals surface area contributed by atoms with Gasteiger partial charge in [0, 0.05) is 0 Å². The molecule has 19 heavy (non-hydrogen) atoms. The van der Waals surface area contributed by atoms with Crippen molar-refractivity contribution in [3.63, 3.8) is 0 Å². The zero-order valence-electron chi connectivity index (χ0n) is 11.6. The zero-order chi connectivity index (χ0) is 14.1. The van der Waals surface area contributed by atoms with Gasteiger partial charge in [0.25, 0.3) is 11.3 Å². The topological polar surface area (TPSA) is 58.6 Å². The first-order chi connectivity index (χ1) is 9.17. The smallest absolute Gasteiger partial charge is 0.259 e. The Morgan fingerprint density at radius 3 is 2.74 bits per heavy atom. The average Bonchev–Trinajstić information content (AvgIpc) is 2.40. The number of hydrogen-bond acceptors (Lipinski definition) is 2. The second kappa shape index (κ2) is 8.93. The number of para-hydroxylation sites is 2. The number of benzene rings is 1. The fourth-order valence-corrected chi connectivity index (χ4v) is 2.23. The van der Waals surface area contributed by atoms with Crippen LogP contribution in [0.25, 0.3) is 0 Å². The van der Waals surface area contributed by atoms with Crippen LogP contribution in [0.15, 0.2) is 24.3 Å². The molecular formula is C14H23NO3S. The van der Waals surface area contributed by atoms with Crippen molar-refractivity contribution >= 4 is 17.0 Å². The van der Waals surface area contributed by atoms with E-state index in [4.69, 9.17) is 9.29 Å². The molecule has 1 rings (SSSR count). The van der Waals surface area contributed by atoms with Gasteiger partial charge < -0.3 is 4.74 Å². The van der Waals surface area contributed by atoms with E-state index < -0.39 is 11.3 Å². The van der Waals surface area contributed by atoms with Crippen LogP contribution in [0.2, 0.25) is 0 Å². The van der Waals surface area contributed by atoms with Crippen LogP contribution < -0.4 is 9.46 Å². The molecule has 0 aromatic heterocycles. The summed E-state index contributed by atoms with van der Waals surface area (Å²) < 4.78 is 27.9. The third kappa shape index (κ3) is 6.07. The molecule has 2 unspecified atom stereocenters. The molecule has 2 atom stereocenters. The van der Waals surface area contributed by atoms with Gasteiger partial charge in [-0.2, -0.15) is 0 Å². The SMILES string of the molecule is CCCCC(CC)COc1ccccc1NS(=O)O. The van der Waals surface area contributed by atoms with Gasteiger partial charge in [-0.05, 0) is 24.5 Å². The maximum atomic E-state index is 10.8. The van der Waals surface area contributed by atoms with Crippen LogP contribution >= 0.6 is 0 Å². The van der Waals surface area contributed by atoms with Gasteiger partial charge in [0.15, 0.2) is 0 Å². The van der Waals surface area contributed by atoms with Gasteiger partial charge in [-0.25, -0.2) is 4.21 Å². The van der Waals surface area contributed by atoms with Gasteiger partial charge in [-0.3, -0.25) is 9.27 Å². The highest BCUT2D eigenvalue weighted by molar-refractivity contribution is 7.80. The Morgan fingerprint density at radius 1 is 1.37 bits per heavy atom. The van der Waals surface area contributed by atoms with E-state index in [0.717, 1.165) is 12.8 Å². The van der Waals surface area contributed by atoms with Gasteiger partial charge in [0.1, 0.15) is 5.75 Å². The van der Waals surface area contributed by atoms with Crippen molar-refractivity contribution in [2.24, 2.45) is 5.92 Å². The second-order valence-electron chi connectivity index (χ2n) is 4.57. The molecule has 1 aromatic carbocycles. The standard InChI is InChI=1S/C14H23NO3S/c1-3-5-8-12(4-2)11-18-14-10-7-6-9-13(14)15-19(16)17/h6-7,9-10,12,15H,3-5,8,11H2,1-2H3,(H,16,17). The van der Waals surface area contributed by atoms with Gasteiger partial charge in [-0.15, -0.1) is 0 Å². The summed E-state index contributed by atoms with van der Waals surface area (Å²) in [4.78, 5) is 0. The Balaban J connectivity index is 2.58. The molecule has 0 spiro atoms. The van der Waals surface area contributed by atoms with Crippen molar-refractivity contribution in [1.82, 2.24) is 0 Å². The van der Waals surface area contributed by atoms with Gasteiger partial charge in [0.05, 0.1) is 12.3 Å². The van der Waals surface area contributed by atoms with Gasteiger partial charge in [0.2, 0.25) is 0 Å². The fraction of sp³-hybridized carbons (Fsp3) is 0.571. The highest BCUT2D eigenvalue weighted by atomic mass is 32.2. The predicted molar refractivity (Wildman–Crippen MR) is 79.6 cm³/mol. The Morgan fingerprint density at radius 2 is 2.11 bits per heavy atom. The van der Waals surface area contributed by atoms with Crippen LogP contribution in [0, 0.1) is 5.92 Å². The van der Waals surface area contributed by atoms with E-state index in [1.807, 2.05) is 12.1 Å². The first kappa shape index (κ1) is 16.0. The minimum absolute atomic E-state index is 0.535. The third-order valence-electron chi connectivity index (χ3n) is 3.10. The van der Waals surface area contributed by atoms with Crippen LogP contribution in [-0.2, 0) is 11.3 Å². The molecule has 0 radical (unpaired) electrons. The van der Waals surface area contributed by atoms with Crippen molar-refractivity contribution in [3.8, 4) is 5.75 Å². The lowest BCUT2D eigenvalue weighted by molar-refractivity contribution is 0.234. The van der Waals surface area contributed by atoms with Crippen molar-refractivity contribution in [1.29, 1.82) is 0 Å². The number of nitrogens with one attached hydrogen (secondary N) is 1. The molecule has 4 nitrogen and oxygen atoms in total. The number of anilines is 1. The summed E-state index contributed by atoms with van der Waals surface area (Å²) in [6, 6.07) is 7.20. The van der Waals surface area contributed by atoms with Gasteiger partial charge >= 0.3 is 0 Å². The van der Waals surface area contributed by atoms with Crippen LogP contribution in [0.3, 0.4) is 0 Å². The monoisotopic (exact) mass is 285 g/mol. The number of unbranched alkanes of at least 4 members (excludes halogenated alkanes) is 1. The van der Waals surface area contributed by atoms with E-state index in [-0.39, 0.29) is 0 Å². The minimum atomic E-state index is -2.08. The minimum Gasteiger partial charge on any atom is -0.491 e. The molecule has 0 saturated carbocycles. The summed E-state index contributed by atoms with van der Waals surface area (Å²) in [5, 5.41) is 0. The third-order valence-corrected chi connectivity index (χ3v) is 3.50. The molecule has 0 aliphatic carbocycles. The Bertz CT molecular complexity index is 398. The first-order valence-electron chi connectivity index (χ1n) is 6.76. The lowest BCUT2D eigenvalue weighted by atomic mass is 10.0. The molecule has 1 aromatic rings. The van der Waals surface area contributed by atoms with E-state index in [2.05, 4.69) is 18.6 Å². The van der Waals surface area contributed by atoms with E-state index >= 15 is 0 Å². The largest absolute Gasteiger partial charge is 0.491 e. The summed E-state index contributed by atoms with van der Waals surface area (Å²) in [5.41, 5.74) is 0.550. The van der Waals surface area contributed by atoms with Crippen LogP contribution in [0.1, 0.15) is 39.5 Å². The quantitative estimate of drug-likeness (QED) is 0.678. The summed E-state index contributed by atoms with van der Waals surface area (Å²) in [6.07, 6.45) is 4.65. The van der Waals surface area contributed by atoms with Crippen molar-refractivity contribution in [2.45, 2.75) is 39.5 Å². The molecule has 0 heterocycles. The summed E-state index contributed by atoms with van der Waals surface area (Å²) >= 11 is -2.08. The highest BCUT2D eigenvalue weighted by Gasteiger charge is 2.09. The van der Waals surface area contributed by atoms with E-state index in [1.165, 1.54) is 12.8 Å². The van der Waals surface area contributed by atoms with Gasteiger partial charge in [-0.1, -0.05) is 45.2 Å². The molecule has 0 aliphatic heterocycles. The van der Waals surface area contributed by atoms with E-state index in [0.29, 0.717) is 24.0 Å². The molecule has 0 bridgehead atoms. The predicted octanol–water partition coefficient (Wildman–Crippen LogP) is 3.83. The number of hydrogen-bond donors (Lipinski definition) is 2. The van der Waals surface area contributed by atoms with Crippen molar-refractivity contribution in [3.05, 3.63) is 24.3 Å². The molecule has 2 N–H and O–H groups in total.